The number of anilines is 1. The van der Waals surface area contributed by atoms with Crippen LogP contribution in [-0.2, 0) is 0 Å². The van der Waals surface area contributed by atoms with E-state index in [1.807, 2.05) is 56.3 Å². The van der Waals surface area contributed by atoms with Crippen molar-refractivity contribution in [3.63, 3.8) is 0 Å². The van der Waals surface area contributed by atoms with E-state index >= 15 is 0 Å². The number of benzene rings is 2. The number of nitrogens with zero attached hydrogens (tertiary/aromatic N) is 3. The number of carbonyl (C=O) groups is 1. The van der Waals surface area contributed by atoms with Crippen molar-refractivity contribution in [2.75, 3.05) is 5.01 Å². The molecule has 0 aliphatic carbocycles. The molecule has 7 heteroatoms. The lowest BCUT2D eigenvalue weighted by Crippen LogP contribution is -2.24. The molecule has 0 spiro atoms. The highest BCUT2D eigenvalue weighted by Gasteiger charge is 2.22. The van der Waals surface area contributed by atoms with Gasteiger partial charge in [-0.05, 0) is 65.2 Å². The van der Waals surface area contributed by atoms with E-state index < -0.39 is 0 Å². The molecule has 4 aromatic rings. The third kappa shape index (κ3) is 4.06. The fourth-order valence-electron chi connectivity index (χ4n) is 2.61. The van der Waals surface area contributed by atoms with E-state index in [0.717, 1.165) is 25.1 Å². The average Bonchev–Trinajstić information content (AvgIpc) is 3.29. The molecule has 0 saturated carbocycles. The fourth-order valence-corrected chi connectivity index (χ4v) is 4.94. The first-order valence-corrected chi connectivity index (χ1v) is 11.0. The highest BCUT2D eigenvalue weighted by atomic mass is 79.9. The molecule has 140 valence electrons. The van der Waals surface area contributed by atoms with Crippen molar-refractivity contribution in [2.24, 2.45) is 5.10 Å². The van der Waals surface area contributed by atoms with Crippen LogP contribution in [0.25, 0.3) is 10.2 Å². The monoisotopic (exact) mass is 469 g/mol. The maximum absolute atomic E-state index is 13.1. The van der Waals surface area contributed by atoms with Gasteiger partial charge in [-0.25, -0.2) is 4.98 Å². The van der Waals surface area contributed by atoms with E-state index in [1.165, 1.54) is 33.2 Å². The van der Waals surface area contributed by atoms with Crippen LogP contribution in [0.4, 0.5) is 5.13 Å². The van der Waals surface area contributed by atoms with E-state index in [4.69, 9.17) is 0 Å². The second-order valence-corrected chi connectivity index (χ2v) is 9.82. The molecule has 0 unspecified atom stereocenters. The van der Waals surface area contributed by atoms with Crippen molar-refractivity contribution in [3.05, 3.63) is 80.0 Å². The number of hydrogen-bond acceptors (Lipinski definition) is 5. The standard InChI is InChI=1S/C21H16BrN3OS2/c1-13-3-6-15(7-4-13)12-23-25(20(26)17-9-10-19(22)27-17)21-24-16-8-5-14(2)11-18(16)28-21/h3-12H,1-2H3/b23-12+. The Balaban J connectivity index is 1.75. The minimum atomic E-state index is -0.199. The predicted molar refractivity (Wildman–Crippen MR) is 122 cm³/mol. The molecule has 0 fully saturated rings. The first-order valence-electron chi connectivity index (χ1n) is 8.57. The van der Waals surface area contributed by atoms with Crippen LogP contribution in [0.5, 0.6) is 0 Å². The Bertz CT molecular complexity index is 1180. The molecule has 28 heavy (non-hydrogen) atoms. The SMILES string of the molecule is Cc1ccc(/C=N/N(C(=O)c2ccc(Br)s2)c2nc3ccc(C)cc3s2)cc1. The van der Waals surface area contributed by atoms with E-state index in [-0.39, 0.29) is 5.91 Å². The highest BCUT2D eigenvalue weighted by molar-refractivity contribution is 9.11. The lowest BCUT2D eigenvalue weighted by atomic mass is 10.2. The van der Waals surface area contributed by atoms with E-state index in [9.17, 15) is 4.79 Å². The van der Waals surface area contributed by atoms with Gasteiger partial charge in [0.15, 0.2) is 0 Å². The summed E-state index contributed by atoms with van der Waals surface area (Å²) in [6.07, 6.45) is 1.69. The van der Waals surface area contributed by atoms with Gasteiger partial charge < -0.3 is 0 Å². The Labute approximate surface area is 179 Å². The van der Waals surface area contributed by atoms with Gasteiger partial charge in [-0.3, -0.25) is 4.79 Å². The number of fused-ring (bicyclic) bond motifs is 1. The van der Waals surface area contributed by atoms with Gasteiger partial charge in [0, 0.05) is 0 Å². The van der Waals surface area contributed by atoms with Crippen LogP contribution in [-0.4, -0.2) is 17.1 Å². The van der Waals surface area contributed by atoms with Crippen molar-refractivity contribution >= 4 is 66.1 Å². The second-order valence-electron chi connectivity index (χ2n) is 6.34. The molecule has 4 nitrogen and oxygen atoms in total. The maximum atomic E-state index is 13.1. The van der Waals surface area contributed by atoms with Gasteiger partial charge in [-0.2, -0.15) is 10.1 Å². The molecule has 0 atom stereocenters. The minimum absolute atomic E-state index is 0.199. The number of halogens is 1. The third-order valence-corrected chi connectivity index (χ3v) is 6.70. The number of hydrogen-bond donors (Lipinski definition) is 0. The molecule has 0 radical (unpaired) electrons. The number of rotatable bonds is 4. The maximum Gasteiger partial charge on any atom is 0.290 e. The molecule has 0 saturated heterocycles. The van der Waals surface area contributed by atoms with Gasteiger partial charge in [0.2, 0.25) is 5.13 Å². The number of amides is 1. The minimum Gasteiger partial charge on any atom is -0.266 e. The van der Waals surface area contributed by atoms with Crippen LogP contribution in [0.1, 0.15) is 26.4 Å². The van der Waals surface area contributed by atoms with E-state index in [0.29, 0.717) is 10.0 Å². The fraction of sp³-hybridized carbons (Fsp3) is 0.0952. The number of aromatic nitrogens is 1. The molecule has 2 aromatic heterocycles. The number of thiazole rings is 1. The highest BCUT2D eigenvalue weighted by Crippen LogP contribution is 2.32. The molecule has 1 amide bonds. The summed E-state index contributed by atoms with van der Waals surface area (Å²) in [6, 6.07) is 17.7. The summed E-state index contributed by atoms with van der Waals surface area (Å²) in [4.78, 5) is 18.4. The van der Waals surface area contributed by atoms with Crippen molar-refractivity contribution in [3.8, 4) is 0 Å². The molecule has 0 N–H and O–H groups in total. The lowest BCUT2D eigenvalue weighted by molar-refractivity contribution is 0.0991. The zero-order chi connectivity index (χ0) is 19.7. The Hall–Kier alpha value is -2.35. The summed E-state index contributed by atoms with van der Waals surface area (Å²) in [6.45, 7) is 4.08. The van der Waals surface area contributed by atoms with Crippen LogP contribution < -0.4 is 5.01 Å². The molecule has 0 aliphatic rings. The summed E-state index contributed by atoms with van der Waals surface area (Å²) < 4.78 is 1.93. The average molecular weight is 470 g/mol. The first kappa shape index (κ1) is 19.0. The van der Waals surface area contributed by atoms with Gasteiger partial charge in [-0.1, -0.05) is 47.2 Å². The lowest BCUT2D eigenvalue weighted by Gasteiger charge is -2.12. The Kier molecular flexibility index (Phi) is 5.39. The number of carbonyl (C=O) groups excluding carboxylic acids is 1. The largest absolute Gasteiger partial charge is 0.290 e. The summed E-state index contributed by atoms with van der Waals surface area (Å²) >= 11 is 6.26. The molecule has 4 rings (SSSR count). The quantitative estimate of drug-likeness (QED) is 0.255. The predicted octanol–water partition coefficient (Wildman–Crippen LogP) is 6.42. The molecule has 0 bridgehead atoms. The van der Waals surface area contributed by atoms with Crippen molar-refractivity contribution in [2.45, 2.75) is 13.8 Å². The van der Waals surface area contributed by atoms with Gasteiger partial charge in [0.05, 0.1) is 25.1 Å². The number of aryl methyl sites for hydroxylation is 2. The number of hydrazone groups is 1. The summed E-state index contributed by atoms with van der Waals surface area (Å²) in [7, 11) is 0. The van der Waals surface area contributed by atoms with Gasteiger partial charge >= 0.3 is 0 Å². The van der Waals surface area contributed by atoms with Crippen LogP contribution in [0.3, 0.4) is 0 Å². The van der Waals surface area contributed by atoms with Gasteiger partial charge in [0.1, 0.15) is 0 Å². The van der Waals surface area contributed by atoms with Crippen LogP contribution >= 0.6 is 38.6 Å². The summed E-state index contributed by atoms with van der Waals surface area (Å²) in [5.41, 5.74) is 4.12. The zero-order valence-electron chi connectivity index (χ0n) is 15.2. The molecule has 2 aromatic carbocycles. The van der Waals surface area contributed by atoms with E-state index in [1.54, 1.807) is 12.3 Å². The van der Waals surface area contributed by atoms with Crippen LogP contribution in [0.15, 0.2) is 63.5 Å². The Morgan fingerprint density at radius 1 is 1.04 bits per heavy atom. The number of thiophene rings is 1. The smallest absolute Gasteiger partial charge is 0.266 e. The molecular formula is C21H16BrN3OS2. The summed E-state index contributed by atoms with van der Waals surface area (Å²) in [5.74, 6) is -0.199. The Morgan fingerprint density at radius 2 is 1.79 bits per heavy atom. The topological polar surface area (TPSA) is 45.6 Å². The van der Waals surface area contributed by atoms with Gasteiger partial charge in [-0.15, -0.1) is 11.3 Å². The van der Waals surface area contributed by atoms with Crippen LogP contribution in [0, 0.1) is 13.8 Å². The molecule has 0 aliphatic heterocycles. The van der Waals surface area contributed by atoms with E-state index in [2.05, 4.69) is 32.1 Å². The van der Waals surface area contributed by atoms with Crippen LogP contribution in [0.2, 0.25) is 0 Å². The van der Waals surface area contributed by atoms with Crippen molar-refractivity contribution < 1.29 is 4.79 Å². The summed E-state index contributed by atoms with van der Waals surface area (Å²) in [5, 5.41) is 6.44. The second kappa shape index (κ2) is 7.95. The van der Waals surface area contributed by atoms with Crippen molar-refractivity contribution in [1.82, 2.24) is 4.98 Å². The first-order chi connectivity index (χ1) is 13.5. The zero-order valence-corrected chi connectivity index (χ0v) is 18.4. The molecule has 2 heterocycles. The van der Waals surface area contributed by atoms with Crippen molar-refractivity contribution in [1.29, 1.82) is 0 Å². The normalized spacial score (nSPS) is 11.4. The molecular weight excluding hydrogens is 454 g/mol. The Morgan fingerprint density at radius 3 is 2.50 bits per heavy atom. The van der Waals surface area contributed by atoms with Gasteiger partial charge in [0.25, 0.3) is 5.91 Å². The third-order valence-electron chi connectivity index (χ3n) is 4.09.